The normalized spacial score (nSPS) is 19.6. The van der Waals surface area contributed by atoms with Gasteiger partial charge >= 0.3 is 253 Å². The van der Waals surface area contributed by atoms with Crippen LogP contribution in [0.2, 0.25) is 0 Å². The Hall–Kier alpha value is -2.89. The molecule has 1 heteroatoms. The van der Waals surface area contributed by atoms with Gasteiger partial charge in [-0.15, -0.1) is 0 Å². The zero-order valence-electron chi connectivity index (χ0n) is 24.6. The Bertz CT molecular complexity index is 1720. The molecule has 0 N–H and O–H groups in total. The van der Waals surface area contributed by atoms with Crippen molar-refractivity contribution in [1.82, 2.24) is 0 Å². The first-order valence-electron chi connectivity index (χ1n) is 15.0. The molecule has 0 spiro atoms. The van der Waals surface area contributed by atoms with Gasteiger partial charge in [0, 0.05) is 0 Å². The van der Waals surface area contributed by atoms with E-state index in [-0.39, 0.29) is 5.41 Å². The average Bonchev–Trinajstić information content (AvgIpc) is 3.62. The molecule has 3 aromatic carbocycles. The van der Waals surface area contributed by atoms with Crippen molar-refractivity contribution in [3.63, 3.8) is 0 Å². The molecule has 0 nitrogen and oxygen atoms in total. The second-order valence-electron chi connectivity index (χ2n) is 11.5. The summed E-state index contributed by atoms with van der Waals surface area (Å²) in [7, 11) is 0. The first-order chi connectivity index (χ1) is 19.5. The number of hydrogen-bond acceptors (Lipinski definition) is 0. The van der Waals surface area contributed by atoms with E-state index in [9.17, 15) is 0 Å². The Labute approximate surface area is 251 Å². The van der Waals surface area contributed by atoms with Crippen LogP contribution in [0.1, 0.15) is 70.1 Å². The Morgan fingerprint density at radius 1 is 0.800 bits per heavy atom. The van der Waals surface area contributed by atoms with Gasteiger partial charge in [-0.2, -0.15) is 0 Å². The molecule has 0 amide bonds. The second-order valence-corrected chi connectivity index (χ2v) is 14.5. The summed E-state index contributed by atoms with van der Waals surface area (Å²) in [4.78, 5) is 0. The molecule has 0 aliphatic heterocycles. The molecule has 0 radical (unpaired) electrons. The summed E-state index contributed by atoms with van der Waals surface area (Å²) in [5.41, 5.74) is 13.8. The molecule has 0 saturated carbocycles. The number of fused-ring (bicyclic) bond motifs is 2. The fourth-order valence-electron chi connectivity index (χ4n) is 7.26. The summed E-state index contributed by atoms with van der Waals surface area (Å²) in [6.45, 7) is 12.0. The average molecular weight is 599 g/mol. The number of benzene rings is 3. The van der Waals surface area contributed by atoms with Crippen LogP contribution < -0.4 is 10.4 Å². The van der Waals surface area contributed by atoms with E-state index < -0.39 is 22.8 Å². The molecule has 0 aromatic heterocycles. The predicted octanol–water partition coefficient (Wildman–Crippen LogP) is 8.35. The van der Waals surface area contributed by atoms with Gasteiger partial charge in [-0.1, -0.05) is 0 Å². The Balaban J connectivity index is 1.79. The van der Waals surface area contributed by atoms with Crippen LogP contribution in [0.3, 0.4) is 0 Å². The maximum atomic E-state index is 2.55. The monoisotopic (exact) mass is 597 g/mol. The fraction of sp³-hybridized carbons (Fsp3) is 0.256. The summed E-state index contributed by atoms with van der Waals surface area (Å²) in [6, 6.07) is 29.6. The van der Waals surface area contributed by atoms with E-state index in [2.05, 4.69) is 132 Å². The summed E-state index contributed by atoms with van der Waals surface area (Å²) in [5, 5.41) is 2.98. The summed E-state index contributed by atoms with van der Waals surface area (Å²) >= 11 is -1.27. The van der Waals surface area contributed by atoms with Crippen molar-refractivity contribution in [1.29, 1.82) is 0 Å². The molecular formula is C39H39Zr. The molecule has 3 aromatic rings. The van der Waals surface area contributed by atoms with Crippen LogP contribution in [0.25, 0.3) is 8.85 Å². The summed E-state index contributed by atoms with van der Waals surface area (Å²) < 4.78 is 3.24. The fourth-order valence-corrected chi connectivity index (χ4v) is 11.2. The second kappa shape index (κ2) is 11.2. The number of hydrogen-bond donors (Lipinski definition) is 0. The van der Waals surface area contributed by atoms with E-state index in [0.29, 0.717) is 0 Å². The molecule has 3 aliphatic rings. The van der Waals surface area contributed by atoms with Gasteiger partial charge < -0.3 is 0 Å². The zero-order chi connectivity index (χ0) is 27.9. The van der Waals surface area contributed by atoms with E-state index in [1.54, 1.807) is 34.4 Å². The quantitative estimate of drug-likeness (QED) is 0.256. The topological polar surface area (TPSA) is 0 Å². The molecule has 6 rings (SSSR count). The Morgan fingerprint density at radius 3 is 2.02 bits per heavy atom. The van der Waals surface area contributed by atoms with Gasteiger partial charge in [0.15, 0.2) is 0 Å². The molecule has 0 heterocycles. The van der Waals surface area contributed by atoms with Crippen LogP contribution >= 0.6 is 0 Å². The molecule has 40 heavy (non-hydrogen) atoms. The molecule has 1 atom stereocenters. The predicted molar refractivity (Wildman–Crippen MR) is 168 cm³/mol. The van der Waals surface area contributed by atoms with Crippen LogP contribution in [0, 0.1) is 12.3 Å². The van der Waals surface area contributed by atoms with E-state index in [1.165, 1.54) is 32.7 Å². The molecule has 199 valence electrons. The maximum absolute atomic E-state index is 2.55. The van der Waals surface area contributed by atoms with E-state index in [4.69, 9.17) is 0 Å². The minimum absolute atomic E-state index is 0.0538. The third-order valence-corrected chi connectivity index (χ3v) is 13.2. The van der Waals surface area contributed by atoms with Crippen molar-refractivity contribution in [2.45, 2.75) is 60.3 Å². The van der Waals surface area contributed by atoms with Crippen molar-refractivity contribution >= 4 is 12.1 Å². The molecule has 0 saturated heterocycles. The van der Waals surface area contributed by atoms with Gasteiger partial charge in [0.05, 0.1) is 0 Å². The first-order valence-corrected chi connectivity index (χ1v) is 17.4. The molecular weight excluding hydrogens is 560 g/mol. The van der Waals surface area contributed by atoms with Gasteiger partial charge in [-0.3, -0.25) is 0 Å². The summed E-state index contributed by atoms with van der Waals surface area (Å²) in [6.07, 6.45) is 11.4. The Kier molecular flexibility index (Phi) is 7.63. The van der Waals surface area contributed by atoms with Gasteiger partial charge in [0.2, 0.25) is 0 Å². The Morgan fingerprint density at radius 2 is 1.48 bits per heavy atom. The third-order valence-electron chi connectivity index (χ3n) is 9.23. The van der Waals surface area contributed by atoms with Crippen LogP contribution in [0.5, 0.6) is 0 Å². The summed E-state index contributed by atoms with van der Waals surface area (Å²) in [5.74, 6) is 0. The number of aryl methyl sites for hydroxylation is 1. The van der Waals surface area contributed by atoms with Gasteiger partial charge in [-0.25, -0.2) is 0 Å². The van der Waals surface area contributed by atoms with Crippen molar-refractivity contribution < 1.29 is 22.8 Å². The van der Waals surface area contributed by atoms with Gasteiger partial charge in [-0.05, 0) is 0 Å². The number of rotatable bonds is 7. The number of allylic oxidation sites excluding steroid dienone is 8. The van der Waals surface area contributed by atoms with Gasteiger partial charge in [0.25, 0.3) is 0 Å². The van der Waals surface area contributed by atoms with Crippen LogP contribution in [0.15, 0.2) is 125 Å². The van der Waals surface area contributed by atoms with Crippen molar-refractivity contribution in [2.75, 3.05) is 0 Å². The third kappa shape index (κ3) is 4.42. The standard InChI is InChI=1S/C26H29.C13H10.Zr/c1-6-20-23(7-2)26(5,8-3)25(18-11-9-10-12-18)22-16-19-15-17(4)13-14-21(19)24(20)22;1-3-7-12(8-4-1)11-13-9-5-2-6-10-13;/h9-11,13-15H,6-8,12H2,1-5H3;1-10H;. The minimum atomic E-state index is -1.27. The van der Waals surface area contributed by atoms with E-state index >= 15 is 0 Å². The molecule has 0 bridgehead atoms. The zero-order valence-corrected chi connectivity index (χ0v) is 27.0. The van der Waals surface area contributed by atoms with E-state index in [1.807, 2.05) is 0 Å². The molecule has 3 aliphatic carbocycles. The van der Waals surface area contributed by atoms with Crippen LogP contribution in [-0.4, -0.2) is 3.21 Å². The van der Waals surface area contributed by atoms with Crippen molar-refractivity contribution in [3.05, 3.63) is 152 Å². The van der Waals surface area contributed by atoms with Crippen molar-refractivity contribution in [2.24, 2.45) is 5.41 Å². The first kappa shape index (κ1) is 27.3. The van der Waals surface area contributed by atoms with Crippen LogP contribution in [-0.2, 0) is 22.8 Å². The molecule has 0 fully saturated rings. The molecule has 1 unspecified atom stereocenters. The van der Waals surface area contributed by atoms with E-state index in [0.717, 1.165) is 25.7 Å². The SMILES string of the molecule is CCC1=C(CC)C(C)(CC)C(C2=CC=CC2)=C2[C]([Zr]=[C](c3ccccc3)c3ccccc3)=c3cc(C)ccc3=C12. The van der Waals surface area contributed by atoms with Crippen LogP contribution in [0.4, 0.5) is 0 Å². The van der Waals surface area contributed by atoms with Crippen molar-refractivity contribution in [3.8, 4) is 0 Å². The van der Waals surface area contributed by atoms with Gasteiger partial charge in [0.1, 0.15) is 0 Å².